The number of carbonyl (C=O) groups is 2. The molecule has 130 valence electrons. The predicted octanol–water partition coefficient (Wildman–Crippen LogP) is 1.62. The van der Waals surface area contributed by atoms with Gasteiger partial charge in [0.25, 0.3) is 5.91 Å². The van der Waals surface area contributed by atoms with Crippen molar-refractivity contribution in [3.8, 4) is 0 Å². The van der Waals surface area contributed by atoms with Crippen molar-refractivity contribution in [3.05, 3.63) is 54.1 Å². The number of amides is 1. The smallest absolute Gasteiger partial charge is 0.338 e. The second-order valence-electron chi connectivity index (χ2n) is 5.64. The number of carbonyl (C=O) groups excluding carboxylic acids is 2. The average molecular weight is 340 g/mol. The van der Waals surface area contributed by atoms with Gasteiger partial charge in [-0.15, -0.1) is 0 Å². The van der Waals surface area contributed by atoms with E-state index in [1.165, 1.54) is 12.4 Å². The van der Waals surface area contributed by atoms with E-state index >= 15 is 0 Å². The molecule has 1 aliphatic rings. The molecule has 25 heavy (non-hydrogen) atoms. The third kappa shape index (κ3) is 3.93. The minimum absolute atomic E-state index is 0.0922. The first-order valence-corrected chi connectivity index (χ1v) is 8.26. The van der Waals surface area contributed by atoms with E-state index in [1.807, 2.05) is 12.1 Å². The molecule has 2 heterocycles. The number of rotatable bonds is 4. The van der Waals surface area contributed by atoms with Crippen molar-refractivity contribution >= 4 is 17.6 Å². The van der Waals surface area contributed by atoms with Gasteiger partial charge < -0.3 is 14.5 Å². The van der Waals surface area contributed by atoms with Crippen LogP contribution in [-0.4, -0.2) is 59.5 Å². The van der Waals surface area contributed by atoms with Crippen LogP contribution in [0.4, 0.5) is 5.69 Å². The Balaban J connectivity index is 1.59. The summed E-state index contributed by atoms with van der Waals surface area (Å²) < 4.78 is 4.99. The van der Waals surface area contributed by atoms with Crippen molar-refractivity contribution < 1.29 is 14.3 Å². The molecule has 0 aliphatic carbocycles. The second kappa shape index (κ2) is 7.74. The van der Waals surface area contributed by atoms with Crippen LogP contribution < -0.4 is 4.90 Å². The van der Waals surface area contributed by atoms with Gasteiger partial charge in [0.2, 0.25) is 0 Å². The SMILES string of the molecule is CCOC(=O)c1ccc(N2CCN(C(=O)c3cnccn3)CC2)cc1. The molecule has 2 aromatic rings. The standard InChI is InChI=1S/C18H20N4O3/c1-2-25-18(24)14-3-5-15(6-4-14)21-9-11-22(12-10-21)17(23)16-13-19-7-8-20-16/h3-8,13H,2,9-12H2,1H3. The molecule has 0 saturated carbocycles. The molecular weight excluding hydrogens is 320 g/mol. The molecule has 1 saturated heterocycles. The average Bonchev–Trinajstić information content (AvgIpc) is 2.68. The number of hydrogen-bond donors (Lipinski definition) is 0. The molecule has 1 aromatic heterocycles. The Bertz CT molecular complexity index is 726. The van der Waals surface area contributed by atoms with Crippen LogP contribution in [0, 0.1) is 0 Å². The highest BCUT2D eigenvalue weighted by Gasteiger charge is 2.23. The number of ether oxygens (including phenoxy) is 1. The lowest BCUT2D eigenvalue weighted by Crippen LogP contribution is -2.49. The third-order valence-electron chi connectivity index (χ3n) is 4.09. The number of nitrogens with zero attached hydrogens (tertiary/aromatic N) is 4. The van der Waals surface area contributed by atoms with Crippen LogP contribution in [-0.2, 0) is 4.74 Å². The number of hydrogen-bond acceptors (Lipinski definition) is 6. The molecule has 1 amide bonds. The van der Waals surface area contributed by atoms with Crippen molar-refractivity contribution in [1.82, 2.24) is 14.9 Å². The van der Waals surface area contributed by atoms with E-state index < -0.39 is 0 Å². The molecule has 1 aliphatic heterocycles. The van der Waals surface area contributed by atoms with Gasteiger partial charge in [0.05, 0.1) is 18.4 Å². The fourth-order valence-corrected chi connectivity index (χ4v) is 2.76. The Morgan fingerprint density at radius 1 is 1.08 bits per heavy atom. The number of anilines is 1. The van der Waals surface area contributed by atoms with Gasteiger partial charge in [0.15, 0.2) is 0 Å². The molecule has 1 fully saturated rings. The fourth-order valence-electron chi connectivity index (χ4n) is 2.76. The number of esters is 1. The zero-order valence-electron chi connectivity index (χ0n) is 14.1. The lowest BCUT2D eigenvalue weighted by Gasteiger charge is -2.36. The van der Waals surface area contributed by atoms with Crippen LogP contribution in [0.3, 0.4) is 0 Å². The molecule has 0 atom stereocenters. The summed E-state index contributed by atoms with van der Waals surface area (Å²) in [6.07, 6.45) is 4.56. The summed E-state index contributed by atoms with van der Waals surface area (Å²) in [6, 6.07) is 7.35. The maximum absolute atomic E-state index is 12.4. The molecule has 7 nitrogen and oxygen atoms in total. The zero-order chi connectivity index (χ0) is 17.6. The van der Waals surface area contributed by atoms with Gasteiger partial charge in [-0.2, -0.15) is 0 Å². The first kappa shape index (κ1) is 16.9. The van der Waals surface area contributed by atoms with Gasteiger partial charge in [-0.1, -0.05) is 0 Å². The minimum atomic E-state index is -0.312. The largest absolute Gasteiger partial charge is 0.462 e. The maximum Gasteiger partial charge on any atom is 0.338 e. The fraction of sp³-hybridized carbons (Fsp3) is 0.333. The van der Waals surface area contributed by atoms with Gasteiger partial charge >= 0.3 is 5.97 Å². The Morgan fingerprint density at radius 3 is 2.40 bits per heavy atom. The maximum atomic E-state index is 12.4. The summed E-state index contributed by atoms with van der Waals surface area (Å²) in [5.41, 5.74) is 1.94. The third-order valence-corrected chi connectivity index (χ3v) is 4.09. The molecule has 1 aromatic carbocycles. The molecule has 0 N–H and O–H groups in total. The van der Waals surface area contributed by atoms with E-state index in [0.717, 1.165) is 18.8 Å². The van der Waals surface area contributed by atoms with Crippen molar-refractivity contribution in [2.45, 2.75) is 6.92 Å². The molecule has 0 radical (unpaired) electrons. The molecule has 0 spiro atoms. The summed E-state index contributed by atoms with van der Waals surface area (Å²) in [4.78, 5) is 36.0. The highest BCUT2D eigenvalue weighted by Crippen LogP contribution is 2.18. The highest BCUT2D eigenvalue weighted by atomic mass is 16.5. The molecule has 7 heteroatoms. The van der Waals surface area contributed by atoms with E-state index in [0.29, 0.717) is 31.0 Å². The predicted molar refractivity (Wildman–Crippen MR) is 92.5 cm³/mol. The number of piperazine rings is 1. The Hall–Kier alpha value is -2.96. The monoisotopic (exact) mass is 340 g/mol. The number of aromatic nitrogens is 2. The van der Waals surface area contributed by atoms with E-state index in [4.69, 9.17) is 4.74 Å². The first-order valence-electron chi connectivity index (χ1n) is 8.26. The zero-order valence-corrected chi connectivity index (χ0v) is 14.1. The lowest BCUT2D eigenvalue weighted by molar-refractivity contribution is 0.0526. The van der Waals surface area contributed by atoms with Crippen molar-refractivity contribution in [3.63, 3.8) is 0 Å². The topological polar surface area (TPSA) is 75.6 Å². The highest BCUT2D eigenvalue weighted by molar-refractivity contribution is 5.92. The van der Waals surface area contributed by atoms with Crippen molar-refractivity contribution in [2.24, 2.45) is 0 Å². The normalized spacial score (nSPS) is 14.3. The summed E-state index contributed by atoms with van der Waals surface area (Å²) >= 11 is 0. The first-order chi connectivity index (χ1) is 12.2. The summed E-state index contributed by atoms with van der Waals surface area (Å²) in [7, 11) is 0. The number of benzene rings is 1. The van der Waals surface area contributed by atoms with E-state index in [9.17, 15) is 9.59 Å². The summed E-state index contributed by atoms with van der Waals surface area (Å²) in [5.74, 6) is -0.404. The molecule has 0 bridgehead atoms. The second-order valence-corrected chi connectivity index (χ2v) is 5.64. The Morgan fingerprint density at radius 2 is 1.80 bits per heavy atom. The van der Waals surface area contributed by atoms with Crippen molar-refractivity contribution in [2.75, 3.05) is 37.7 Å². The van der Waals surface area contributed by atoms with Gasteiger partial charge in [0, 0.05) is 44.3 Å². The Kier molecular flexibility index (Phi) is 5.23. The summed E-state index contributed by atoms with van der Waals surface area (Å²) in [5, 5.41) is 0. The van der Waals surface area contributed by atoms with Crippen LogP contribution in [0.2, 0.25) is 0 Å². The summed E-state index contributed by atoms with van der Waals surface area (Å²) in [6.45, 7) is 4.84. The van der Waals surface area contributed by atoms with Crippen molar-refractivity contribution in [1.29, 1.82) is 0 Å². The molecular formula is C18H20N4O3. The van der Waals surface area contributed by atoms with Crippen LogP contribution in [0.1, 0.15) is 27.8 Å². The van der Waals surface area contributed by atoms with E-state index in [-0.39, 0.29) is 11.9 Å². The van der Waals surface area contributed by atoms with Gasteiger partial charge in [0.1, 0.15) is 5.69 Å². The van der Waals surface area contributed by atoms with Crippen LogP contribution in [0.25, 0.3) is 0 Å². The van der Waals surface area contributed by atoms with Gasteiger partial charge in [-0.25, -0.2) is 9.78 Å². The van der Waals surface area contributed by atoms with Gasteiger partial charge in [-0.3, -0.25) is 9.78 Å². The lowest BCUT2D eigenvalue weighted by atomic mass is 10.1. The Labute approximate surface area is 146 Å². The van der Waals surface area contributed by atoms with Crippen LogP contribution in [0.5, 0.6) is 0 Å². The van der Waals surface area contributed by atoms with Crippen LogP contribution >= 0.6 is 0 Å². The quantitative estimate of drug-likeness (QED) is 0.787. The minimum Gasteiger partial charge on any atom is -0.462 e. The molecule has 3 rings (SSSR count). The van der Waals surface area contributed by atoms with Gasteiger partial charge in [-0.05, 0) is 31.2 Å². The van der Waals surface area contributed by atoms with E-state index in [2.05, 4.69) is 14.9 Å². The van der Waals surface area contributed by atoms with Crippen LogP contribution in [0.15, 0.2) is 42.9 Å². The molecule has 0 unspecified atom stereocenters. The van der Waals surface area contributed by atoms with E-state index in [1.54, 1.807) is 30.2 Å².